The third kappa shape index (κ3) is 1.86. The van der Waals surface area contributed by atoms with Crippen molar-refractivity contribution in [3.63, 3.8) is 0 Å². The molecule has 2 aliphatic rings. The monoisotopic (exact) mass is 262 g/mol. The summed E-state index contributed by atoms with van der Waals surface area (Å²) in [6, 6.07) is 7.52. The first-order valence-corrected chi connectivity index (χ1v) is 6.83. The van der Waals surface area contributed by atoms with Crippen LogP contribution in [0.5, 0.6) is 0 Å². The van der Waals surface area contributed by atoms with Crippen molar-refractivity contribution in [2.45, 2.75) is 37.3 Å². The fraction of sp³-hybridized carbons (Fsp3) is 0.533. The quantitative estimate of drug-likeness (QED) is 0.505. The van der Waals surface area contributed by atoms with Crippen LogP contribution >= 0.6 is 0 Å². The highest BCUT2D eigenvalue weighted by molar-refractivity contribution is 5.61. The molecule has 1 aromatic rings. The van der Waals surface area contributed by atoms with Gasteiger partial charge in [-0.1, -0.05) is 18.2 Å². The van der Waals surface area contributed by atoms with Crippen LogP contribution in [0.15, 0.2) is 29.4 Å². The van der Waals surface area contributed by atoms with Crippen LogP contribution in [0.4, 0.5) is 4.39 Å². The van der Waals surface area contributed by atoms with Gasteiger partial charge in [-0.3, -0.25) is 4.90 Å². The van der Waals surface area contributed by atoms with E-state index >= 15 is 0 Å². The number of oxime groups is 1. The topological polar surface area (TPSA) is 35.8 Å². The van der Waals surface area contributed by atoms with Crippen LogP contribution in [0.3, 0.4) is 0 Å². The van der Waals surface area contributed by atoms with Gasteiger partial charge >= 0.3 is 0 Å². The summed E-state index contributed by atoms with van der Waals surface area (Å²) < 4.78 is 14.2. The first kappa shape index (κ1) is 12.6. The molecule has 0 spiro atoms. The van der Waals surface area contributed by atoms with E-state index in [1.807, 2.05) is 12.1 Å². The van der Waals surface area contributed by atoms with Gasteiger partial charge in [-0.2, -0.15) is 0 Å². The van der Waals surface area contributed by atoms with E-state index in [1.54, 1.807) is 12.3 Å². The molecule has 19 heavy (non-hydrogen) atoms. The highest BCUT2D eigenvalue weighted by Gasteiger charge is 2.51. The maximum Gasteiger partial charge on any atom is 0.128 e. The van der Waals surface area contributed by atoms with E-state index in [9.17, 15) is 4.39 Å². The maximum absolute atomic E-state index is 14.2. The molecule has 0 radical (unpaired) electrons. The van der Waals surface area contributed by atoms with E-state index in [2.05, 4.69) is 17.1 Å². The van der Waals surface area contributed by atoms with Crippen molar-refractivity contribution in [3.05, 3.63) is 35.6 Å². The van der Waals surface area contributed by atoms with Gasteiger partial charge in [0.25, 0.3) is 0 Å². The summed E-state index contributed by atoms with van der Waals surface area (Å²) in [4.78, 5) is 2.33. The minimum atomic E-state index is -0.236. The molecule has 3 rings (SSSR count). The Hall–Kier alpha value is -1.42. The molecule has 102 valence electrons. The normalized spacial score (nSPS) is 35.1. The average molecular weight is 262 g/mol. The second kappa shape index (κ2) is 4.60. The van der Waals surface area contributed by atoms with Gasteiger partial charge in [-0.25, -0.2) is 4.39 Å². The van der Waals surface area contributed by atoms with E-state index in [0.29, 0.717) is 6.04 Å². The molecular formula is C15H19FN2O. The second-order valence-corrected chi connectivity index (χ2v) is 5.78. The van der Waals surface area contributed by atoms with Crippen molar-refractivity contribution in [2.75, 3.05) is 7.05 Å². The number of halogens is 1. The molecule has 0 aliphatic carbocycles. The first-order valence-electron chi connectivity index (χ1n) is 6.83. The third-order valence-electron chi connectivity index (χ3n) is 4.94. The zero-order valence-electron chi connectivity index (χ0n) is 11.1. The maximum atomic E-state index is 14.2. The van der Waals surface area contributed by atoms with Crippen LogP contribution in [0, 0.1) is 11.7 Å². The lowest BCUT2D eigenvalue weighted by molar-refractivity contribution is 0.0618. The molecule has 4 heteroatoms. The van der Waals surface area contributed by atoms with Gasteiger partial charge < -0.3 is 5.21 Å². The first-order chi connectivity index (χ1) is 9.17. The Labute approximate surface area is 112 Å². The van der Waals surface area contributed by atoms with Gasteiger partial charge in [0.15, 0.2) is 0 Å². The van der Waals surface area contributed by atoms with Crippen molar-refractivity contribution < 1.29 is 9.60 Å². The van der Waals surface area contributed by atoms with Crippen LogP contribution in [0.25, 0.3) is 0 Å². The molecule has 3 nitrogen and oxygen atoms in total. The van der Waals surface area contributed by atoms with Crippen molar-refractivity contribution >= 4 is 6.21 Å². The van der Waals surface area contributed by atoms with Crippen molar-refractivity contribution in [2.24, 2.45) is 11.1 Å². The summed E-state index contributed by atoms with van der Waals surface area (Å²) in [7, 11) is 2.09. The van der Waals surface area contributed by atoms with E-state index < -0.39 is 0 Å². The van der Waals surface area contributed by atoms with Crippen LogP contribution in [0.2, 0.25) is 0 Å². The highest BCUT2D eigenvalue weighted by atomic mass is 19.1. The fourth-order valence-corrected chi connectivity index (χ4v) is 3.99. The molecule has 2 bridgehead atoms. The molecule has 1 aromatic carbocycles. The molecule has 2 fully saturated rings. The SMILES string of the molecule is CN1C2CCC1(c1ccccc1F)CC(C=NO)C2. The Bertz CT molecular complexity index is 505. The molecule has 0 saturated carbocycles. The number of benzene rings is 1. The minimum absolute atomic E-state index is 0.128. The molecular weight excluding hydrogens is 243 g/mol. The summed E-state index contributed by atoms with van der Waals surface area (Å²) in [6.45, 7) is 0. The van der Waals surface area contributed by atoms with E-state index in [4.69, 9.17) is 5.21 Å². The van der Waals surface area contributed by atoms with Gasteiger partial charge in [0.2, 0.25) is 0 Å². The Kier molecular flexibility index (Phi) is 3.05. The van der Waals surface area contributed by atoms with E-state index in [1.165, 1.54) is 6.07 Å². The van der Waals surface area contributed by atoms with Crippen molar-refractivity contribution in [1.82, 2.24) is 4.90 Å². The summed E-state index contributed by atoms with van der Waals surface area (Å²) in [5.74, 6) is 0.102. The molecule has 3 atom stereocenters. The average Bonchev–Trinajstić information content (AvgIpc) is 2.61. The van der Waals surface area contributed by atoms with Gasteiger partial charge in [0, 0.05) is 29.3 Å². The Balaban J connectivity index is 2.03. The number of fused-ring (bicyclic) bond motifs is 2. The molecule has 2 heterocycles. The lowest BCUT2D eigenvalue weighted by Crippen LogP contribution is -2.49. The zero-order valence-corrected chi connectivity index (χ0v) is 11.1. The summed E-state index contributed by atoms with van der Waals surface area (Å²) in [5, 5.41) is 12.0. The molecule has 2 saturated heterocycles. The smallest absolute Gasteiger partial charge is 0.128 e. The van der Waals surface area contributed by atoms with Gasteiger partial charge in [0.05, 0.1) is 0 Å². The van der Waals surface area contributed by atoms with E-state index in [-0.39, 0.29) is 17.3 Å². The van der Waals surface area contributed by atoms with Crippen LogP contribution in [-0.4, -0.2) is 29.4 Å². The van der Waals surface area contributed by atoms with Gasteiger partial charge in [-0.15, -0.1) is 5.16 Å². The van der Waals surface area contributed by atoms with Crippen molar-refractivity contribution in [3.8, 4) is 0 Å². The number of nitrogens with zero attached hydrogens (tertiary/aromatic N) is 2. The summed E-state index contributed by atoms with van der Waals surface area (Å²) >= 11 is 0. The lowest BCUT2D eigenvalue weighted by atomic mass is 9.77. The minimum Gasteiger partial charge on any atom is -0.411 e. The number of hydrogen-bond donors (Lipinski definition) is 1. The molecule has 3 unspecified atom stereocenters. The predicted octanol–water partition coefficient (Wildman–Crippen LogP) is 2.99. The van der Waals surface area contributed by atoms with Crippen LogP contribution in [0.1, 0.15) is 31.2 Å². The number of hydrogen-bond acceptors (Lipinski definition) is 3. The molecule has 0 aromatic heterocycles. The van der Waals surface area contributed by atoms with Crippen LogP contribution < -0.4 is 0 Å². The highest BCUT2D eigenvalue weighted by Crippen LogP contribution is 2.51. The Morgan fingerprint density at radius 2 is 2.26 bits per heavy atom. The van der Waals surface area contributed by atoms with Crippen molar-refractivity contribution in [1.29, 1.82) is 0 Å². The fourth-order valence-electron chi connectivity index (χ4n) is 3.99. The van der Waals surface area contributed by atoms with Gasteiger partial charge in [-0.05, 0) is 38.8 Å². The lowest BCUT2D eigenvalue weighted by Gasteiger charge is -2.45. The molecule has 1 N–H and O–H groups in total. The Morgan fingerprint density at radius 3 is 3.00 bits per heavy atom. The standard InChI is InChI=1S/C15H19FN2O/c1-18-12-6-7-15(18,9-11(8-12)10-17-19)13-4-2-3-5-14(13)16/h2-5,10-12,19H,6-9H2,1H3. The molecule has 2 aliphatic heterocycles. The third-order valence-corrected chi connectivity index (χ3v) is 4.94. The van der Waals surface area contributed by atoms with Gasteiger partial charge in [0.1, 0.15) is 5.82 Å². The van der Waals surface area contributed by atoms with E-state index in [0.717, 1.165) is 31.2 Å². The van der Waals surface area contributed by atoms with Crippen LogP contribution in [-0.2, 0) is 5.54 Å². The predicted molar refractivity (Wildman–Crippen MR) is 71.9 cm³/mol. The molecule has 0 amide bonds. The second-order valence-electron chi connectivity index (χ2n) is 5.78. The summed E-state index contributed by atoms with van der Waals surface area (Å²) in [5.41, 5.74) is 0.552. The number of rotatable bonds is 2. The largest absolute Gasteiger partial charge is 0.411 e. The zero-order chi connectivity index (χ0) is 13.5. The number of piperidine rings is 1. The summed E-state index contributed by atoms with van der Waals surface area (Å²) in [6.07, 6.45) is 5.49. The Morgan fingerprint density at radius 1 is 1.47 bits per heavy atom.